The van der Waals surface area contributed by atoms with Crippen molar-refractivity contribution < 1.29 is 4.52 Å². The lowest BCUT2D eigenvalue weighted by molar-refractivity contribution is 0.380. The average Bonchev–Trinajstić information content (AvgIpc) is 2.98. The lowest BCUT2D eigenvalue weighted by atomic mass is 10.1. The maximum atomic E-state index is 5.89. The van der Waals surface area contributed by atoms with E-state index in [4.69, 9.17) is 16.1 Å². The highest BCUT2D eigenvalue weighted by Gasteiger charge is 2.13. The summed E-state index contributed by atoms with van der Waals surface area (Å²) in [7, 11) is 1.76. The number of aromatic nitrogens is 1. The number of rotatable bonds is 6. The highest BCUT2D eigenvalue weighted by molar-refractivity contribution is 6.30. The van der Waals surface area contributed by atoms with E-state index in [0.717, 1.165) is 46.4 Å². The van der Waals surface area contributed by atoms with Crippen molar-refractivity contribution in [3.63, 3.8) is 0 Å². The summed E-state index contributed by atoms with van der Waals surface area (Å²) in [5.74, 6) is 1.67. The first-order valence-electron chi connectivity index (χ1n) is 7.83. The Morgan fingerprint density at radius 1 is 1.13 bits per heavy atom. The van der Waals surface area contributed by atoms with Crippen LogP contribution in [0.1, 0.15) is 36.4 Å². The first-order valence-corrected chi connectivity index (χ1v) is 8.20. The van der Waals surface area contributed by atoms with Crippen molar-refractivity contribution in [1.29, 1.82) is 0 Å². The van der Waals surface area contributed by atoms with Crippen LogP contribution in [0, 0.1) is 0 Å². The second-order valence-corrected chi connectivity index (χ2v) is 5.58. The third kappa shape index (κ3) is 4.73. The van der Waals surface area contributed by atoms with Crippen molar-refractivity contribution in [1.82, 2.24) is 15.8 Å². The Morgan fingerprint density at radius 3 is 2.43 bits per heavy atom. The molecular weight excluding hydrogens is 312 g/mol. The number of hydrogen-bond donors (Lipinski definition) is 2. The Labute approximate surface area is 142 Å². The van der Waals surface area contributed by atoms with Crippen LogP contribution in [0.2, 0.25) is 5.02 Å². The van der Waals surface area contributed by atoms with Crippen molar-refractivity contribution in [2.24, 2.45) is 4.99 Å². The molecule has 0 aliphatic rings. The summed E-state index contributed by atoms with van der Waals surface area (Å²) < 4.78 is 5.38. The summed E-state index contributed by atoms with van der Waals surface area (Å²) in [6.07, 6.45) is 1.69. The van der Waals surface area contributed by atoms with Gasteiger partial charge >= 0.3 is 0 Å². The molecule has 1 heterocycles. The molecule has 0 spiro atoms. The molecule has 0 fully saturated rings. The Morgan fingerprint density at radius 2 is 1.83 bits per heavy atom. The van der Waals surface area contributed by atoms with Gasteiger partial charge in [-0.15, -0.1) is 0 Å². The Kier molecular flexibility index (Phi) is 6.47. The molecule has 0 saturated carbocycles. The minimum absolute atomic E-state index is 0.649. The van der Waals surface area contributed by atoms with Crippen LogP contribution in [0.4, 0.5) is 0 Å². The second-order valence-electron chi connectivity index (χ2n) is 5.14. The van der Waals surface area contributed by atoms with E-state index in [9.17, 15) is 0 Å². The maximum absolute atomic E-state index is 5.89. The summed E-state index contributed by atoms with van der Waals surface area (Å²) in [5, 5.41) is 11.5. The minimum atomic E-state index is 0.649. The standard InChI is InChI=1S/C17H23ClN4O/c1-4-15-14(16(5-2)23-22-15)11-21-17(19-3)20-10-12-6-8-13(18)9-7-12/h6-9H,4-5,10-11H2,1-3H3,(H2,19,20,21). The van der Waals surface area contributed by atoms with Crippen LogP contribution >= 0.6 is 11.6 Å². The van der Waals surface area contributed by atoms with Gasteiger partial charge in [0.1, 0.15) is 5.76 Å². The highest BCUT2D eigenvalue weighted by Crippen LogP contribution is 2.15. The number of aryl methyl sites for hydroxylation is 2. The van der Waals surface area contributed by atoms with Gasteiger partial charge in [-0.2, -0.15) is 0 Å². The van der Waals surface area contributed by atoms with Crippen LogP contribution in [0.25, 0.3) is 0 Å². The summed E-state index contributed by atoms with van der Waals surface area (Å²) in [4.78, 5) is 4.25. The van der Waals surface area contributed by atoms with Gasteiger partial charge in [0.15, 0.2) is 5.96 Å². The molecular formula is C17H23ClN4O. The maximum Gasteiger partial charge on any atom is 0.191 e. The quantitative estimate of drug-likeness (QED) is 0.628. The molecule has 23 heavy (non-hydrogen) atoms. The SMILES string of the molecule is CCc1noc(CC)c1CNC(=NC)NCc1ccc(Cl)cc1. The molecule has 2 N–H and O–H groups in total. The highest BCUT2D eigenvalue weighted by atomic mass is 35.5. The predicted molar refractivity (Wildman–Crippen MR) is 93.7 cm³/mol. The summed E-state index contributed by atoms with van der Waals surface area (Å²) in [5.41, 5.74) is 3.28. The number of nitrogens with zero attached hydrogens (tertiary/aromatic N) is 2. The molecule has 1 aromatic carbocycles. The molecule has 0 radical (unpaired) electrons. The fourth-order valence-electron chi connectivity index (χ4n) is 2.32. The largest absolute Gasteiger partial charge is 0.361 e. The van der Waals surface area contributed by atoms with Gasteiger partial charge in [0.2, 0.25) is 0 Å². The third-order valence-electron chi connectivity index (χ3n) is 3.64. The van der Waals surface area contributed by atoms with Gasteiger partial charge < -0.3 is 15.2 Å². The summed E-state index contributed by atoms with van der Waals surface area (Å²) in [6.45, 7) is 5.48. The zero-order valence-electron chi connectivity index (χ0n) is 13.8. The lowest BCUT2D eigenvalue weighted by Gasteiger charge is -2.12. The normalized spacial score (nSPS) is 11.6. The second kappa shape index (κ2) is 8.58. The molecule has 2 rings (SSSR count). The first-order chi connectivity index (χ1) is 11.2. The van der Waals surface area contributed by atoms with Crippen molar-refractivity contribution >= 4 is 17.6 Å². The van der Waals surface area contributed by atoms with E-state index >= 15 is 0 Å². The first kappa shape index (κ1) is 17.3. The van der Waals surface area contributed by atoms with Crippen molar-refractivity contribution in [2.45, 2.75) is 39.8 Å². The molecule has 6 heteroatoms. The molecule has 5 nitrogen and oxygen atoms in total. The number of halogens is 1. The zero-order chi connectivity index (χ0) is 16.7. The Hall–Kier alpha value is -2.01. The van der Waals surface area contributed by atoms with Crippen LogP contribution in [-0.4, -0.2) is 18.2 Å². The van der Waals surface area contributed by atoms with E-state index in [2.05, 4.69) is 34.6 Å². The third-order valence-corrected chi connectivity index (χ3v) is 3.89. The number of hydrogen-bond acceptors (Lipinski definition) is 3. The van der Waals surface area contributed by atoms with Crippen LogP contribution < -0.4 is 10.6 Å². The number of benzene rings is 1. The van der Waals surface area contributed by atoms with Crippen LogP contribution in [0.5, 0.6) is 0 Å². The fraction of sp³-hybridized carbons (Fsp3) is 0.412. The molecule has 124 valence electrons. The average molecular weight is 335 g/mol. The van der Waals surface area contributed by atoms with E-state index < -0.39 is 0 Å². The summed E-state index contributed by atoms with van der Waals surface area (Å²) >= 11 is 5.89. The van der Waals surface area contributed by atoms with E-state index in [1.807, 2.05) is 24.3 Å². The molecule has 0 atom stereocenters. The predicted octanol–water partition coefficient (Wildman–Crippen LogP) is 3.32. The summed E-state index contributed by atoms with van der Waals surface area (Å²) in [6, 6.07) is 7.75. The van der Waals surface area contributed by atoms with Crippen LogP contribution in [0.15, 0.2) is 33.8 Å². The molecule has 0 saturated heterocycles. The van der Waals surface area contributed by atoms with Gasteiger partial charge in [-0.3, -0.25) is 4.99 Å². The van der Waals surface area contributed by atoms with E-state index in [1.54, 1.807) is 7.05 Å². The number of guanidine groups is 1. The monoisotopic (exact) mass is 334 g/mol. The van der Waals surface area contributed by atoms with Crippen LogP contribution in [0.3, 0.4) is 0 Å². The van der Waals surface area contributed by atoms with Gasteiger partial charge in [0.05, 0.1) is 5.69 Å². The fourth-order valence-corrected chi connectivity index (χ4v) is 2.44. The smallest absolute Gasteiger partial charge is 0.191 e. The van der Waals surface area contributed by atoms with Crippen LogP contribution in [-0.2, 0) is 25.9 Å². The number of aliphatic imine (C=N–C) groups is 1. The van der Waals surface area contributed by atoms with Crippen molar-refractivity contribution in [3.05, 3.63) is 51.9 Å². The van der Waals surface area contributed by atoms with E-state index in [0.29, 0.717) is 13.1 Å². The molecule has 0 aliphatic carbocycles. The Bertz CT molecular complexity index is 628. The van der Waals surface area contributed by atoms with Gasteiger partial charge in [0, 0.05) is 37.1 Å². The Balaban J connectivity index is 1.93. The van der Waals surface area contributed by atoms with Gasteiger partial charge in [-0.1, -0.05) is 42.7 Å². The van der Waals surface area contributed by atoms with E-state index in [-0.39, 0.29) is 0 Å². The van der Waals surface area contributed by atoms with Crippen molar-refractivity contribution in [2.75, 3.05) is 7.05 Å². The molecule has 0 unspecified atom stereocenters. The van der Waals surface area contributed by atoms with Gasteiger partial charge in [0.25, 0.3) is 0 Å². The molecule has 2 aromatic rings. The molecule has 0 bridgehead atoms. The molecule has 0 amide bonds. The number of nitrogens with one attached hydrogen (secondary N) is 2. The van der Waals surface area contributed by atoms with Gasteiger partial charge in [-0.25, -0.2) is 0 Å². The topological polar surface area (TPSA) is 62.5 Å². The van der Waals surface area contributed by atoms with Gasteiger partial charge in [-0.05, 0) is 24.1 Å². The zero-order valence-corrected chi connectivity index (χ0v) is 14.6. The van der Waals surface area contributed by atoms with Crippen molar-refractivity contribution in [3.8, 4) is 0 Å². The van der Waals surface area contributed by atoms with E-state index in [1.165, 1.54) is 0 Å². The minimum Gasteiger partial charge on any atom is -0.361 e. The molecule has 0 aliphatic heterocycles. The molecule has 1 aromatic heterocycles. The lowest BCUT2D eigenvalue weighted by Crippen LogP contribution is -2.36.